The third-order valence-electron chi connectivity index (χ3n) is 3.11. The Hall–Kier alpha value is -1.39. The molecule has 17 heavy (non-hydrogen) atoms. The maximum Gasteiger partial charge on any atom is 0.223 e. The molecule has 1 fully saturated rings. The number of anilines is 1. The molecule has 0 aliphatic carbocycles. The highest BCUT2D eigenvalue weighted by molar-refractivity contribution is 6.28. The summed E-state index contributed by atoms with van der Waals surface area (Å²) in [5.41, 5.74) is 8.25. The molecule has 1 saturated heterocycles. The Labute approximate surface area is 104 Å². The number of fused-ring (bicyclic) bond motifs is 1. The summed E-state index contributed by atoms with van der Waals surface area (Å²) in [6.45, 7) is 1.03. The van der Waals surface area contributed by atoms with E-state index in [-0.39, 0.29) is 11.3 Å². The van der Waals surface area contributed by atoms with Crippen molar-refractivity contribution in [3.8, 4) is 0 Å². The molecule has 1 aromatic heterocycles. The van der Waals surface area contributed by atoms with Crippen molar-refractivity contribution >= 4 is 28.2 Å². The number of aromatic nitrogens is 2. The molecule has 2 aromatic rings. The summed E-state index contributed by atoms with van der Waals surface area (Å²) in [6, 6.07) is 5.96. The first-order chi connectivity index (χ1) is 8.24. The van der Waals surface area contributed by atoms with Crippen LogP contribution >= 0.6 is 11.6 Å². The van der Waals surface area contributed by atoms with Crippen LogP contribution in [-0.2, 0) is 0 Å². The molecule has 0 bridgehead atoms. The van der Waals surface area contributed by atoms with Crippen molar-refractivity contribution in [3.63, 3.8) is 0 Å². The predicted molar refractivity (Wildman–Crippen MR) is 68.9 cm³/mol. The lowest BCUT2D eigenvalue weighted by atomic mass is 10.1. The molecule has 0 radical (unpaired) electrons. The molecule has 88 valence electrons. The molecule has 0 spiro atoms. The SMILES string of the molecule is Nc1ccc2c(C3CCCN3)nc(Cl)nc2c1. The van der Waals surface area contributed by atoms with Gasteiger partial charge in [0.2, 0.25) is 5.28 Å². The monoisotopic (exact) mass is 248 g/mol. The minimum atomic E-state index is 0.279. The maximum atomic E-state index is 5.96. The van der Waals surface area contributed by atoms with E-state index < -0.39 is 0 Å². The van der Waals surface area contributed by atoms with E-state index in [4.69, 9.17) is 17.3 Å². The summed E-state index contributed by atoms with van der Waals surface area (Å²) >= 11 is 5.96. The summed E-state index contributed by atoms with van der Waals surface area (Å²) in [5.74, 6) is 0. The van der Waals surface area contributed by atoms with E-state index in [1.54, 1.807) is 0 Å². The molecule has 1 aromatic carbocycles. The first-order valence-electron chi connectivity index (χ1n) is 5.70. The van der Waals surface area contributed by atoms with Crippen molar-refractivity contribution in [2.45, 2.75) is 18.9 Å². The van der Waals surface area contributed by atoms with Gasteiger partial charge in [0.25, 0.3) is 0 Å². The Kier molecular flexibility index (Phi) is 2.61. The van der Waals surface area contributed by atoms with Gasteiger partial charge in [-0.05, 0) is 49.2 Å². The number of rotatable bonds is 1. The van der Waals surface area contributed by atoms with Gasteiger partial charge in [0.15, 0.2) is 0 Å². The van der Waals surface area contributed by atoms with Gasteiger partial charge in [-0.3, -0.25) is 0 Å². The van der Waals surface area contributed by atoms with Crippen LogP contribution in [0.1, 0.15) is 24.6 Å². The van der Waals surface area contributed by atoms with E-state index >= 15 is 0 Å². The number of hydrogen-bond acceptors (Lipinski definition) is 4. The lowest BCUT2D eigenvalue weighted by Crippen LogP contribution is -2.15. The van der Waals surface area contributed by atoms with Crippen LogP contribution in [0.5, 0.6) is 0 Å². The first-order valence-corrected chi connectivity index (χ1v) is 6.08. The number of benzene rings is 1. The largest absolute Gasteiger partial charge is 0.399 e. The standard InChI is InChI=1S/C12H13ClN4/c13-12-16-10-6-7(14)3-4-8(10)11(17-12)9-2-1-5-15-9/h3-4,6,9,15H,1-2,5,14H2. The predicted octanol–water partition coefficient (Wildman–Crippen LogP) is 2.29. The Bertz CT molecular complexity index is 558. The molecule has 3 rings (SSSR count). The van der Waals surface area contributed by atoms with Gasteiger partial charge >= 0.3 is 0 Å². The first kappa shape index (κ1) is 10.7. The van der Waals surface area contributed by atoms with Crippen molar-refractivity contribution in [3.05, 3.63) is 29.2 Å². The lowest BCUT2D eigenvalue weighted by Gasteiger charge is -2.12. The zero-order valence-electron chi connectivity index (χ0n) is 9.28. The van der Waals surface area contributed by atoms with Gasteiger partial charge in [0.05, 0.1) is 17.3 Å². The second kappa shape index (κ2) is 4.13. The quantitative estimate of drug-likeness (QED) is 0.600. The van der Waals surface area contributed by atoms with Crippen molar-refractivity contribution in [2.75, 3.05) is 12.3 Å². The number of nitrogen functional groups attached to an aromatic ring is 1. The normalized spacial score (nSPS) is 19.9. The topological polar surface area (TPSA) is 63.8 Å². The summed E-state index contributed by atoms with van der Waals surface area (Å²) in [4.78, 5) is 8.58. The van der Waals surface area contributed by atoms with Crippen LogP contribution in [0.4, 0.5) is 5.69 Å². The molecule has 0 amide bonds. The van der Waals surface area contributed by atoms with Crippen LogP contribution in [0.15, 0.2) is 18.2 Å². The van der Waals surface area contributed by atoms with E-state index in [0.29, 0.717) is 5.69 Å². The van der Waals surface area contributed by atoms with Crippen LogP contribution in [0, 0.1) is 0 Å². The minimum absolute atomic E-state index is 0.279. The molecule has 5 heteroatoms. The smallest absolute Gasteiger partial charge is 0.223 e. The van der Waals surface area contributed by atoms with Crippen LogP contribution < -0.4 is 11.1 Å². The van der Waals surface area contributed by atoms with Crippen molar-refractivity contribution < 1.29 is 0 Å². The molecule has 1 aliphatic heterocycles. The third-order valence-corrected chi connectivity index (χ3v) is 3.28. The zero-order chi connectivity index (χ0) is 11.8. The Morgan fingerprint density at radius 3 is 3.00 bits per heavy atom. The fourth-order valence-electron chi connectivity index (χ4n) is 2.33. The fourth-order valence-corrected chi connectivity index (χ4v) is 2.51. The molecule has 1 atom stereocenters. The molecule has 4 nitrogen and oxygen atoms in total. The number of hydrogen-bond donors (Lipinski definition) is 2. The zero-order valence-corrected chi connectivity index (χ0v) is 10.0. The van der Waals surface area contributed by atoms with Gasteiger partial charge in [-0.25, -0.2) is 9.97 Å². The minimum Gasteiger partial charge on any atom is -0.399 e. The van der Waals surface area contributed by atoms with E-state index in [0.717, 1.165) is 29.6 Å². The van der Waals surface area contributed by atoms with Gasteiger partial charge in [0, 0.05) is 11.1 Å². The van der Waals surface area contributed by atoms with Crippen molar-refractivity contribution in [1.29, 1.82) is 0 Å². The van der Waals surface area contributed by atoms with Crippen molar-refractivity contribution in [1.82, 2.24) is 15.3 Å². The van der Waals surface area contributed by atoms with Crippen LogP contribution in [0.25, 0.3) is 10.9 Å². The molecule has 3 N–H and O–H groups in total. The van der Waals surface area contributed by atoms with Gasteiger partial charge in [-0.2, -0.15) is 0 Å². The molecular formula is C12H13ClN4. The third kappa shape index (κ3) is 1.94. The average Bonchev–Trinajstić information content (AvgIpc) is 2.80. The van der Waals surface area contributed by atoms with Crippen LogP contribution in [0.2, 0.25) is 5.28 Å². The Balaban J connectivity index is 2.21. The van der Waals surface area contributed by atoms with Crippen LogP contribution in [-0.4, -0.2) is 16.5 Å². The van der Waals surface area contributed by atoms with E-state index in [2.05, 4.69) is 15.3 Å². The highest BCUT2D eigenvalue weighted by Crippen LogP contribution is 2.29. The highest BCUT2D eigenvalue weighted by Gasteiger charge is 2.20. The molecule has 0 saturated carbocycles. The number of halogens is 1. The summed E-state index contributed by atoms with van der Waals surface area (Å²) < 4.78 is 0. The summed E-state index contributed by atoms with van der Waals surface area (Å²) in [6.07, 6.45) is 2.26. The number of nitrogens with one attached hydrogen (secondary N) is 1. The van der Waals surface area contributed by atoms with Gasteiger partial charge in [0.1, 0.15) is 0 Å². The van der Waals surface area contributed by atoms with E-state index in [9.17, 15) is 0 Å². The molecule has 1 unspecified atom stereocenters. The fraction of sp³-hybridized carbons (Fsp3) is 0.333. The number of nitrogens with two attached hydrogens (primary N) is 1. The van der Waals surface area contributed by atoms with Gasteiger partial charge < -0.3 is 11.1 Å². The second-order valence-corrected chi connectivity index (χ2v) is 4.64. The summed E-state index contributed by atoms with van der Waals surface area (Å²) in [7, 11) is 0. The van der Waals surface area contributed by atoms with E-state index in [1.165, 1.54) is 6.42 Å². The number of nitrogens with zero attached hydrogens (tertiary/aromatic N) is 2. The molecule has 1 aliphatic rings. The Morgan fingerprint density at radius 2 is 2.24 bits per heavy atom. The molecule has 2 heterocycles. The highest BCUT2D eigenvalue weighted by atomic mass is 35.5. The lowest BCUT2D eigenvalue weighted by molar-refractivity contribution is 0.632. The van der Waals surface area contributed by atoms with E-state index in [1.807, 2.05) is 18.2 Å². The summed E-state index contributed by atoms with van der Waals surface area (Å²) in [5, 5.41) is 4.74. The Morgan fingerprint density at radius 1 is 1.35 bits per heavy atom. The average molecular weight is 249 g/mol. The van der Waals surface area contributed by atoms with Gasteiger partial charge in [-0.1, -0.05) is 0 Å². The van der Waals surface area contributed by atoms with Crippen LogP contribution in [0.3, 0.4) is 0 Å². The second-order valence-electron chi connectivity index (χ2n) is 4.30. The maximum absolute atomic E-state index is 5.96. The van der Waals surface area contributed by atoms with Gasteiger partial charge in [-0.15, -0.1) is 0 Å². The molecular weight excluding hydrogens is 236 g/mol. The van der Waals surface area contributed by atoms with Crippen molar-refractivity contribution in [2.24, 2.45) is 0 Å².